The van der Waals surface area contributed by atoms with Gasteiger partial charge in [0.1, 0.15) is 0 Å². The van der Waals surface area contributed by atoms with E-state index in [1.54, 1.807) is 12.1 Å². The Morgan fingerprint density at radius 3 is 2.39 bits per heavy atom. The molecule has 0 bridgehead atoms. The molecule has 2 N–H and O–H groups in total. The van der Waals surface area contributed by atoms with Crippen LogP contribution in [-0.4, -0.2) is 20.2 Å². The van der Waals surface area contributed by atoms with Crippen LogP contribution in [-0.2, 0) is 16.3 Å². The van der Waals surface area contributed by atoms with Crippen molar-refractivity contribution >= 4 is 9.84 Å². The van der Waals surface area contributed by atoms with Gasteiger partial charge < -0.3 is 5.73 Å². The van der Waals surface area contributed by atoms with Gasteiger partial charge in [-0.05, 0) is 49.3 Å². The molecule has 1 aliphatic rings. The van der Waals surface area contributed by atoms with E-state index in [-0.39, 0.29) is 11.8 Å². The van der Waals surface area contributed by atoms with E-state index >= 15 is 0 Å². The molecule has 1 saturated carbocycles. The molecule has 4 heteroatoms. The molecule has 1 fully saturated rings. The van der Waals surface area contributed by atoms with E-state index in [4.69, 9.17) is 5.73 Å². The first-order valence-electron chi connectivity index (χ1n) is 6.60. The van der Waals surface area contributed by atoms with E-state index in [2.05, 4.69) is 0 Å². The van der Waals surface area contributed by atoms with Gasteiger partial charge in [-0.3, -0.25) is 0 Å². The Hall–Kier alpha value is -0.870. The summed E-state index contributed by atoms with van der Waals surface area (Å²) in [6.07, 6.45) is 3.98. The van der Waals surface area contributed by atoms with Crippen LogP contribution in [0, 0.1) is 5.92 Å². The zero-order valence-corrected chi connectivity index (χ0v) is 11.6. The van der Waals surface area contributed by atoms with E-state index in [0.717, 1.165) is 12.0 Å². The molecular weight excluding hydrogens is 246 g/mol. The van der Waals surface area contributed by atoms with Gasteiger partial charge in [-0.2, -0.15) is 0 Å². The molecule has 1 atom stereocenters. The second-order valence-corrected chi connectivity index (χ2v) is 7.28. The van der Waals surface area contributed by atoms with Crippen molar-refractivity contribution in [2.24, 2.45) is 11.7 Å². The van der Waals surface area contributed by atoms with Crippen LogP contribution in [0.2, 0.25) is 0 Å². The summed E-state index contributed by atoms with van der Waals surface area (Å²) in [6.45, 7) is 1.88. The highest BCUT2D eigenvalue weighted by atomic mass is 32.2. The summed E-state index contributed by atoms with van der Waals surface area (Å²) >= 11 is 0. The van der Waals surface area contributed by atoms with Crippen LogP contribution in [0.4, 0.5) is 0 Å². The Morgan fingerprint density at radius 1 is 1.28 bits per heavy atom. The topological polar surface area (TPSA) is 60.2 Å². The molecule has 0 heterocycles. The first kappa shape index (κ1) is 13.6. The van der Waals surface area contributed by atoms with Crippen molar-refractivity contribution in [1.29, 1.82) is 0 Å². The van der Waals surface area contributed by atoms with Gasteiger partial charge in [-0.25, -0.2) is 8.42 Å². The minimum Gasteiger partial charge on any atom is -0.327 e. The van der Waals surface area contributed by atoms with Gasteiger partial charge in [0.25, 0.3) is 0 Å². The maximum Gasteiger partial charge on any atom is 0.178 e. The smallest absolute Gasteiger partial charge is 0.178 e. The highest BCUT2D eigenvalue weighted by Gasteiger charge is 2.28. The first-order chi connectivity index (χ1) is 8.53. The van der Waals surface area contributed by atoms with Crippen LogP contribution < -0.4 is 5.73 Å². The van der Waals surface area contributed by atoms with Gasteiger partial charge >= 0.3 is 0 Å². The lowest BCUT2D eigenvalue weighted by Gasteiger charge is -2.10. The fourth-order valence-electron chi connectivity index (χ4n) is 2.18. The third-order valence-corrected chi connectivity index (χ3v) is 5.39. The predicted octanol–water partition coefficient (Wildman–Crippen LogP) is 2.15. The standard InChI is InChI=1S/C14H21NO2S/c1-2-9-18(16,17)13-7-3-11(4-8-13)10-14(15)12-5-6-12/h3-4,7-8,12,14H,2,5-6,9-10,15H2,1H3. The molecule has 100 valence electrons. The molecule has 1 aromatic carbocycles. The molecule has 18 heavy (non-hydrogen) atoms. The number of rotatable bonds is 6. The van der Waals surface area contributed by atoms with Crippen LogP contribution in [0.3, 0.4) is 0 Å². The van der Waals surface area contributed by atoms with Gasteiger partial charge in [0.15, 0.2) is 9.84 Å². The maximum absolute atomic E-state index is 11.9. The van der Waals surface area contributed by atoms with Gasteiger partial charge in [-0.1, -0.05) is 19.1 Å². The SMILES string of the molecule is CCCS(=O)(=O)c1ccc(CC(N)C2CC2)cc1. The first-order valence-corrected chi connectivity index (χ1v) is 8.25. The number of sulfone groups is 1. The Morgan fingerprint density at radius 2 is 1.89 bits per heavy atom. The number of nitrogens with two attached hydrogens (primary N) is 1. The summed E-state index contributed by atoms with van der Waals surface area (Å²) < 4.78 is 23.7. The van der Waals surface area contributed by atoms with Crippen molar-refractivity contribution in [2.45, 2.75) is 43.5 Å². The molecule has 0 saturated heterocycles. The quantitative estimate of drug-likeness (QED) is 0.859. The Kier molecular flexibility index (Phi) is 4.07. The van der Waals surface area contributed by atoms with Crippen molar-refractivity contribution in [3.05, 3.63) is 29.8 Å². The molecule has 0 aliphatic heterocycles. The van der Waals surface area contributed by atoms with Crippen LogP contribution in [0.5, 0.6) is 0 Å². The Balaban J connectivity index is 2.05. The molecule has 2 rings (SSSR count). The van der Waals surface area contributed by atoms with Crippen molar-refractivity contribution in [3.8, 4) is 0 Å². The zero-order chi connectivity index (χ0) is 13.2. The van der Waals surface area contributed by atoms with Crippen molar-refractivity contribution in [2.75, 3.05) is 5.75 Å². The minimum absolute atomic E-state index is 0.216. The van der Waals surface area contributed by atoms with E-state index in [0.29, 0.717) is 17.2 Å². The molecule has 0 radical (unpaired) electrons. The van der Waals surface area contributed by atoms with Crippen LogP contribution in [0.25, 0.3) is 0 Å². The fourth-order valence-corrected chi connectivity index (χ4v) is 3.51. The van der Waals surface area contributed by atoms with Crippen molar-refractivity contribution in [3.63, 3.8) is 0 Å². The monoisotopic (exact) mass is 267 g/mol. The predicted molar refractivity (Wildman–Crippen MR) is 73.2 cm³/mol. The summed E-state index contributed by atoms with van der Waals surface area (Å²) in [6, 6.07) is 7.43. The molecule has 1 aromatic rings. The lowest BCUT2D eigenvalue weighted by Crippen LogP contribution is -2.24. The van der Waals surface area contributed by atoms with Gasteiger partial charge in [0.05, 0.1) is 10.6 Å². The molecule has 0 aromatic heterocycles. The highest BCUT2D eigenvalue weighted by Crippen LogP contribution is 2.32. The van der Waals surface area contributed by atoms with Crippen molar-refractivity contribution in [1.82, 2.24) is 0 Å². The largest absolute Gasteiger partial charge is 0.327 e. The van der Waals surface area contributed by atoms with Crippen molar-refractivity contribution < 1.29 is 8.42 Å². The third kappa shape index (κ3) is 3.33. The summed E-state index contributed by atoms with van der Waals surface area (Å²) in [7, 11) is -3.09. The summed E-state index contributed by atoms with van der Waals surface area (Å²) in [5.41, 5.74) is 7.19. The lowest BCUT2D eigenvalue weighted by atomic mass is 10.0. The third-order valence-electron chi connectivity index (χ3n) is 3.45. The van der Waals surface area contributed by atoms with Gasteiger partial charge in [0, 0.05) is 6.04 Å². The molecular formula is C14H21NO2S. The molecule has 1 aliphatic carbocycles. The minimum atomic E-state index is -3.09. The average Bonchev–Trinajstić information content (AvgIpc) is 3.13. The van der Waals surface area contributed by atoms with E-state index in [1.165, 1.54) is 12.8 Å². The van der Waals surface area contributed by atoms with E-state index < -0.39 is 9.84 Å². The van der Waals surface area contributed by atoms with Crippen LogP contribution in [0.1, 0.15) is 31.7 Å². The second kappa shape index (κ2) is 5.41. The Bertz CT molecular complexity index is 489. The zero-order valence-electron chi connectivity index (χ0n) is 10.8. The second-order valence-electron chi connectivity index (χ2n) is 5.17. The molecule has 0 amide bonds. The van der Waals surface area contributed by atoms with Gasteiger partial charge in [-0.15, -0.1) is 0 Å². The number of hydrogen-bond donors (Lipinski definition) is 1. The summed E-state index contributed by atoms with van der Waals surface area (Å²) in [4.78, 5) is 0.424. The maximum atomic E-state index is 11.9. The normalized spacial score (nSPS) is 17.7. The number of hydrogen-bond acceptors (Lipinski definition) is 3. The molecule has 1 unspecified atom stereocenters. The van der Waals surface area contributed by atoms with Crippen LogP contribution >= 0.6 is 0 Å². The highest BCUT2D eigenvalue weighted by molar-refractivity contribution is 7.91. The molecule has 0 spiro atoms. The number of benzene rings is 1. The summed E-state index contributed by atoms with van der Waals surface area (Å²) in [5.74, 6) is 0.891. The van der Waals surface area contributed by atoms with Crippen LogP contribution in [0.15, 0.2) is 29.2 Å². The Labute approximate surface area is 109 Å². The van der Waals surface area contributed by atoms with E-state index in [9.17, 15) is 8.42 Å². The van der Waals surface area contributed by atoms with E-state index in [1.807, 2.05) is 19.1 Å². The van der Waals surface area contributed by atoms with Gasteiger partial charge in [0.2, 0.25) is 0 Å². The summed E-state index contributed by atoms with van der Waals surface area (Å²) in [5, 5.41) is 0. The lowest BCUT2D eigenvalue weighted by molar-refractivity contribution is 0.590. The fraction of sp³-hybridized carbons (Fsp3) is 0.571. The average molecular weight is 267 g/mol. The molecule has 3 nitrogen and oxygen atoms in total.